The summed E-state index contributed by atoms with van der Waals surface area (Å²) in [6, 6.07) is 5.16. The Bertz CT molecular complexity index is 627. The molecular weight excluding hydrogens is 364 g/mol. The number of amides is 2. The second kappa shape index (κ2) is 6.39. The number of hydrogen-bond donors (Lipinski definition) is 0. The summed E-state index contributed by atoms with van der Waals surface area (Å²) >= 11 is 3.40. The van der Waals surface area contributed by atoms with E-state index in [1.165, 1.54) is 7.11 Å². The molecule has 0 spiro atoms. The highest BCUT2D eigenvalue weighted by Crippen LogP contribution is 2.38. The standard InChI is InChI=1S/C16H21BrN2O4/c1-10-9-18(14(20)23-16(2,3)4)13-8-11(17)6-7-12(13)19(10)15(21)22-5/h6-8,10H,9H2,1-5H3. The molecule has 1 aromatic rings. The van der Waals surface area contributed by atoms with Gasteiger partial charge in [0.05, 0.1) is 31.1 Å². The molecule has 2 amide bonds. The number of rotatable bonds is 0. The number of nitrogens with zero attached hydrogens (tertiary/aromatic N) is 2. The van der Waals surface area contributed by atoms with E-state index >= 15 is 0 Å². The highest BCUT2D eigenvalue weighted by atomic mass is 79.9. The summed E-state index contributed by atoms with van der Waals surface area (Å²) in [5, 5.41) is 0. The molecule has 126 valence electrons. The van der Waals surface area contributed by atoms with Crippen LogP contribution in [0.25, 0.3) is 0 Å². The van der Waals surface area contributed by atoms with Crippen LogP contribution in [0.5, 0.6) is 0 Å². The average molecular weight is 385 g/mol. The first kappa shape index (κ1) is 17.6. The van der Waals surface area contributed by atoms with Crippen LogP contribution in [0.15, 0.2) is 22.7 Å². The van der Waals surface area contributed by atoms with Crippen molar-refractivity contribution in [3.63, 3.8) is 0 Å². The molecule has 0 aliphatic carbocycles. The van der Waals surface area contributed by atoms with Crippen molar-refractivity contribution in [1.82, 2.24) is 0 Å². The topological polar surface area (TPSA) is 59.1 Å². The van der Waals surface area contributed by atoms with Crippen molar-refractivity contribution in [2.24, 2.45) is 0 Å². The van der Waals surface area contributed by atoms with Gasteiger partial charge in [0.2, 0.25) is 0 Å². The maximum absolute atomic E-state index is 12.5. The lowest BCUT2D eigenvalue weighted by molar-refractivity contribution is 0.0575. The van der Waals surface area contributed by atoms with Crippen molar-refractivity contribution < 1.29 is 19.1 Å². The Labute approximate surface area is 144 Å². The molecule has 1 atom stereocenters. The van der Waals surface area contributed by atoms with E-state index in [0.29, 0.717) is 17.9 Å². The van der Waals surface area contributed by atoms with Gasteiger partial charge in [-0.3, -0.25) is 9.80 Å². The Hall–Kier alpha value is -1.76. The molecule has 0 saturated carbocycles. The quantitative estimate of drug-likeness (QED) is 0.673. The molecule has 6 nitrogen and oxygen atoms in total. The van der Waals surface area contributed by atoms with Gasteiger partial charge < -0.3 is 9.47 Å². The van der Waals surface area contributed by atoms with Crippen LogP contribution in [0.3, 0.4) is 0 Å². The Morgan fingerprint density at radius 1 is 1.22 bits per heavy atom. The summed E-state index contributed by atoms with van der Waals surface area (Å²) in [6.07, 6.45) is -0.891. The van der Waals surface area contributed by atoms with Crippen LogP contribution in [0, 0.1) is 0 Å². The number of fused-ring (bicyclic) bond motifs is 1. The minimum atomic E-state index is -0.591. The van der Waals surface area contributed by atoms with E-state index in [0.717, 1.165) is 4.47 Å². The van der Waals surface area contributed by atoms with Crippen molar-refractivity contribution in [2.75, 3.05) is 23.5 Å². The van der Waals surface area contributed by atoms with E-state index in [-0.39, 0.29) is 6.04 Å². The molecule has 7 heteroatoms. The molecule has 0 fully saturated rings. The molecule has 1 unspecified atom stereocenters. The normalized spacial score (nSPS) is 17.6. The van der Waals surface area contributed by atoms with Gasteiger partial charge in [-0.15, -0.1) is 0 Å². The third kappa shape index (κ3) is 3.77. The molecule has 0 aromatic heterocycles. The molecule has 0 bridgehead atoms. The predicted octanol–water partition coefficient (Wildman–Crippen LogP) is 4.17. The van der Waals surface area contributed by atoms with E-state index in [1.54, 1.807) is 21.9 Å². The fraction of sp³-hybridized carbons (Fsp3) is 0.500. The van der Waals surface area contributed by atoms with Crippen LogP contribution < -0.4 is 9.80 Å². The lowest BCUT2D eigenvalue weighted by atomic mass is 10.1. The Morgan fingerprint density at radius 3 is 2.43 bits per heavy atom. The SMILES string of the molecule is COC(=O)N1c2ccc(Br)cc2N(C(=O)OC(C)(C)C)CC1C. The number of ether oxygens (including phenoxy) is 2. The Kier molecular flexibility index (Phi) is 4.89. The smallest absolute Gasteiger partial charge is 0.414 e. The zero-order valence-corrected chi connectivity index (χ0v) is 15.5. The number of anilines is 2. The molecule has 1 aliphatic heterocycles. The molecular formula is C16H21BrN2O4. The molecule has 1 aliphatic rings. The van der Waals surface area contributed by atoms with Crippen LogP contribution >= 0.6 is 15.9 Å². The number of carbonyl (C=O) groups excluding carboxylic acids is 2. The van der Waals surface area contributed by atoms with Gasteiger partial charge in [-0.25, -0.2) is 9.59 Å². The third-order valence-corrected chi connectivity index (χ3v) is 3.85. The van der Waals surface area contributed by atoms with Crippen LogP contribution in [0.4, 0.5) is 21.0 Å². The monoisotopic (exact) mass is 384 g/mol. The molecule has 1 aromatic carbocycles. The third-order valence-electron chi connectivity index (χ3n) is 3.36. The molecule has 0 N–H and O–H groups in total. The Morgan fingerprint density at radius 2 is 1.87 bits per heavy atom. The van der Waals surface area contributed by atoms with Crippen molar-refractivity contribution in [1.29, 1.82) is 0 Å². The first-order chi connectivity index (χ1) is 10.6. The van der Waals surface area contributed by atoms with Gasteiger partial charge in [0.25, 0.3) is 0 Å². The highest BCUT2D eigenvalue weighted by molar-refractivity contribution is 9.10. The van der Waals surface area contributed by atoms with Gasteiger partial charge in [0, 0.05) is 4.47 Å². The van der Waals surface area contributed by atoms with Crippen molar-refractivity contribution in [3.8, 4) is 0 Å². The van der Waals surface area contributed by atoms with E-state index in [9.17, 15) is 9.59 Å². The second-order valence-electron chi connectivity index (χ2n) is 6.41. The van der Waals surface area contributed by atoms with E-state index in [1.807, 2.05) is 33.8 Å². The van der Waals surface area contributed by atoms with Crippen LogP contribution in [-0.4, -0.2) is 37.5 Å². The van der Waals surface area contributed by atoms with E-state index < -0.39 is 17.8 Å². The molecule has 0 radical (unpaired) electrons. The number of hydrogen-bond acceptors (Lipinski definition) is 4. The van der Waals surface area contributed by atoms with Crippen LogP contribution in [0.2, 0.25) is 0 Å². The lowest BCUT2D eigenvalue weighted by Crippen LogP contribution is -2.52. The van der Waals surface area contributed by atoms with Gasteiger partial charge in [-0.2, -0.15) is 0 Å². The van der Waals surface area contributed by atoms with Gasteiger partial charge in [-0.1, -0.05) is 15.9 Å². The Balaban J connectivity index is 2.46. The summed E-state index contributed by atoms with van der Waals surface area (Å²) in [7, 11) is 1.34. The molecule has 0 saturated heterocycles. The van der Waals surface area contributed by atoms with E-state index in [4.69, 9.17) is 9.47 Å². The highest BCUT2D eigenvalue weighted by Gasteiger charge is 2.37. The fourth-order valence-electron chi connectivity index (χ4n) is 2.46. The van der Waals surface area contributed by atoms with E-state index in [2.05, 4.69) is 15.9 Å². The lowest BCUT2D eigenvalue weighted by Gasteiger charge is -2.40. The number of methoxy groups -OCH3 is 1. The van der Waals surface area contributed by atoms with Gasteiger partial charge >= 0.3 is 12.2 Å². The average Bonchev–Trinajstić information content (AvgIpc) is 2.44. The summed E-state index contributed by atoms with van der Waals surface area (Å²) in [5.74, 6) is 0. The maximum atomic E-state index is 12.5. The fourth-order valence-corrected chi connectivity index (χ4v) is 2.81. The first-order valence-electron chi connectivity index (χ1n) is 7.31. The summed E-state index contributed by atoms with van der Waals surface area (Å²) in [4.78, 5) is 27.7. The molecule has 2 rings (SSSR count). The van der Waals surface area contributed by atoms with Crippen molar-refractivity contribution in [3.05, 3.63) is 22.7 Å². The van der Waals surface area contributed by atoms with Gasteiger partial charge in [0.1, 0.15) is 5.60 Å². The first-order valence-corrected chi connectivity index (χ1v) is 8.10. The predicted molar refractivity (Wildman–Crippen MR) is 92.1 cm³/mol. The summed E-state index contributed by atoms with van der Waals surface area (Å²) in [6.45, 7) is 7.65. The largest absolute Gasteiger partial charge is 0.452 e. The second-order valence-corrected chi connectivity index (χ2v) is 7.33. The molecule has 23 heavy (non-hydrogen) atoms. The maximum Gasteiger partial charge on any atom is 0.414 e. The van der Waals surface area contributed by atoms with Crippen molar-refractivity contribution >= 4 is 39.5 Å². The zero-order chi connectivity index (χ0) is 17.4. The number of benzene rings is 1. The minimum Gasteiger partial charge on any atom is -0.452 e. The van der Waals surface area contributed by atoms with Crippen molar-refractivity contribution in [2.45, 2.75) is 39.3 Å². The summed E-state index contributed by atoms with van der Waals surface area (Å²) < 4.78 is 11.2. The number of halogens is 1. The van der Waals surface area contributed by atoms with Crippen LogP contribution in [-0.2, 0) is 9.47 Å². The summed E-state index contributed by atoms with van der Waals surface area (Å²) in [5.41, 5.74) is 0.633. The minimum absolute atomic E-state index is 0.233. The van der Waals surface area contributed by atoms with Gasteiger partial charge in [0.15, 0.2) is 0 Å². The molecule has 1 heterocycles. The van der Waals surface area contributed by atoms with Crippen LogP contribution in [0.1, 0.15) is 27.7 Å². The van der Waals surface area contributed by atoms with Gasteiger partial charge in [-0.05, 0) is 45.9 Å². The number of carbonyl (C=O) groups is 2. The zero-order valence-electron chi connectivity index (χ0n) is 13.9.